The van der Waals surface area contributed by atoms with Gasteiger partial charge in [-0.25, -0.2) is 4.98 Å². The molecule has 3 rings (SSSR count). The molecule has 4 heteroatoms. The first kappa shape index (κ1) is 16.3. The van der Waals surface area contributed by atoms with Gasteiger partial charge in [-0.2, -0.15) is 0 Å². The molecule has 0 saturated heterocycles. The van der Waals surface area contributed by atoms with Crippen molar-refractivity contribution in [1.82, 2.24) is 4.98 Å². The number of methoxy groups -OCH3 is 1. The number of aromatic nitrogens is 1. The van der Waals surface area contributed by atoms with Crippen LogP contribution in [0.4, 0.5) is 11.5 Å². The van der Waals surface area contributed by atoms with Crippen molar-refractivity contribution in [3.63, 3.8) is 0 Å². The highest BCUT2D eigenvalue weighted by molar-refractivity contribution is 9.10. The molecule has 0 atom stereocenters. The van der Waals surface area contributed by atoms with Gasteiger partial charge in [-0.3, -0.25) is 0 Å². The van der Waals surface area contributed by atoms with E-state index >= 15 is 0 Å². The Balaban J connectivity index is 2.08. The third-order valence-electron chi connectivity index (χ3n) is 4.37. The summed E-state index contributed by atoms with van der Waals surface area (Å²) < 4.78 is 6.56. The smallest absolute Gasteiger partial charge is 0.133 e. The van der Waals surface area contributed by atoms with Crippen LogP contribution in [0.3, 0.4) is 0 Å². The highest BCUT2D eigenvalue weighted by atomic mass is 79.9. The maximum Gasteiger partial charge on any atom is 0.133 e. The van der Waals surface area contributed by atoms with Crippen molar-refractivity contribution in [2.45, 2.75) is 39.0 Å². The minimum absolute atomic E-state index is 0.116. The van der Waals surface area contributed by atoms with E-state index in [1.165, 1.54) is 16.8 Å². The summed E-state index contributed by atoms with van der Waals surface area (Å²) in [6.45, 7) is 7.68. The number of halogens is 1. The minimum atomic E-state index is 0.116. The number of rotatable bonds is 2. The van der Waals surface area contributed by atoms with Crippen LogP contribution in [0.1, 0.15) is 38.3 Å². The molecule has 1 aromatic heterocycles. The van der Waals surface area contributed by atoms with E-state index in [0.29, 0.717) is 0 Å². The highest BCUT2D eigenvalue weighted by Crippen LogP contribution is 2.40. The first-order valence-corrected chi connectivity index (χ1v) is 8.80. The van der Waals surface area contributed by atoms with E-state index in [0.717, 1.165) is 35.4 Å². The lowest BCUT2D eigenvalue weighted by atomic mass is 9.87. The van der Waals surface area contributed by atoms with Crippen molar-refractivity contribution in [2.24, 2.45) is 0 Å². The quantitative estimate of drug-likeness (QED) is 0.718. The zero-order chi connectivity index (χ0) is 16.6. The van der Waals surface area contributed by atoms with Gasteiger partial charge in [-0.15, -0.1) is 0 Å². The molecule has 122 valence electrons. The van der Waals surface area contributed by atoms with Crippen molar-refractivity contribution in [3.05, 3.63) is 46.1 Å². The van der Waals surface area contributed by atoms with Gasteiger partial charge in [0.25, 0.3) is 0 Å². The highest BCUT2D eigenvalue weighted by Gasteiger charge is 2.23. The summed E-state index contributed by atoms with van der Waals surface area (Å²) in [4.78, 5) is 6.94. The Kier molecular flexibility index (Phi) is 4.37. The molecule has 0 saturated carbocycles. The lowest BCUT2D eigenvalue weighted by Crippen LogP contribution is -2.26. The van der Waals surface area contributed by atoms with Gasteiger partial charge in [0.2, 0.25) is 0 Å². The van der Waals surface area contributed by atoms with Gasteiger partial charge in [0.1, 0.15) is 11.6 Å². The number of benzene rings is 1. The summed E-state index contributed by atoms with van der Waals surface area (Å²) in [7, 11) is 1.71. The van der Waals surface area contributed by atoms with Gasteiger partial charge >= 0.3 is 0 Å². The second-order valence-corrected chi connectivity index (χ2v) is 7.87. The number of anilines is 2. The number of fused-ring (bicyclic) bond motifs is 1. The Morgan fingerprint density at radius 3 is 2.70 bits per heavy atom. The molecule has 0 unspecified atom stereocenters. The van der Waals surface area contributed by atoms with Crippen LogP contribution in [0.25, 0.3) is 0 Å². The summed E-state index contributed by atoms with van der Waals surface area (Å²) in [5.74, 6) is 1.88. The monoisotopic (exact) mass is 374 g/mol. The summed E-state index contributed by atoms with van der Waals surface area (Å²) in [5, 5.41) is 0. The Hall–Kier alpha value is -1.55. The van der Waals surface area contributed by atoms with Gasteiger partial charge < -0.3 is 9.64 Å². The van der Waals surface area contributed by atoms with Gasteiger partial charge in [-0.1, -0.05) is 36.7 Å². The van der Waals surface area contributed by atoms with Gasteiger partial charge in [0.15, 0.2) is 0 Å². The van der Waals surface area contributed by atoms with E-state index in [1.54, 1.807) is 7.11 Å². The number of pyridine rings is 1. The first-order chi connectivity index (χ1) is 10.9. The molecule has 2 aromatic rings. The molecule has 1 aliphatic heterocycles. The van der Waals surface area contributed by atoms with Crippen molar-refractivity contribution in [2.75, 3.05) is 18.6 Å². The summed E-state index contributed by atoms with van der Waals surface area (Å²) in [6.07, 6.45) is 4.12. The molecule has 1 aliphatic rings. The fourth-order valence-corrected chi connectivity index (χ4v) is 3.64. The van der Waals surface area contributed by atoms with Crippen LogP contribution in [0.5, 0.6) is 5.75 Å². The van der Waals surface area contributed by atoms with Crippen LogP contribution in [-0.4, -0.2) is 18.6 Å². The lowest BCUT2D eigenvalue weighted by molar-refractivity contribution is 0.414. The molecule has 1 aromatic carbocycles. The summed E-state index contributed by atoms with van der Waals surface area (Å²) >= 11 is 3.69. The van der Waals surface area contributed by atoms with Crippen molar-refractivity contribution in [3.8, 4) is 5.75 Å². The Bertz CT molecular complexity index is 722. The standard InChI is InChI=1S/C19H23BrN2O/c1-19(2,3)13-7-8-21-18(10-13)22-9-5-6-15-16(20)11-14(23-4)12-17(15)22/h7-8,10-12H,5-6,9H2,1-4H3. The van der Waals surface area contributed by atoms with E-state index in [-0.39, 0.29) is 5.41 Å². The molecular weight excluding hydrogens is 352 g/mol. The Morgan fingerprint density at radius 2 is 2.00 bits per heavy atom. The molecule has 0 fully saturated rings. The third-order valence-corrected chi connectivity index (χ3v) is 5.08. The fourth-order valence-electron chi connectivity index (χ4n) is 3.01. The average Bonchev–Trinajstić information content (AvgIpc) is 2.53. The number of hydrogen-bond acceptors (Lipinski definition) is 3. The SMILES string of the molecule is COc1cc(Br)c2c(c1)N(c1cc(C(C)(C)C)ccn1)CCC2. The lowest BCUT2D eigenvalue weighted by Gasteiger charge is -2.32. The third kappa shape index (κ3) is 3.23. The Morgan fingerprint density at radius 1 is 1.22 bits per heavy atom. The maximum atomic E-state index is 5.45. The van der Waals surface area contributed by atoms with Crippen LogP contribution in [-0.2, 0) is 11.8 Å². The van der Waals surface area contributed by atoms with E-state index in [1.807, 2.05) is 12.3 Å². The Labute approximate surface area is 146 Å². The largest absolute Gasteiger partial charge is 0.497 e. The van der Waals surface area contributed by atoms with E-state index in [4.69, 9.17) is 4.74 Å². The molecule has 0 aliphatic carbocycles. The average molecular weight is 375 g/mol. The van der Waals surface area contributed by atoms with E-state index in [9.17, 15) is 0 Å². The van der Waals surface area contributed by atoms with Crippen LogP contribution in [0.2, 0.25) is 0 Å². The predicted octanol–water partition coefficient (Wildman–Crippen LogP) is 5.23. The minimum Gasteiger partial charge on any atom is -0.497 e. The van der Waals surface area contributed by atoms with Gasteiger partial charge in [0, 0.05) is 23.3 Å². The second kappa shape index (κ2) is 6.16. The van der Waals surface area contributed by atoms with Crippen molar-refractivity contribution >= 4 is 27.4 Å². The molecular formula is C19H23BrN2O. The first-order valence-electron chi connectivity index (χ1n) is 8.00. The second-order valence-electron chi connectivity index (χ2n) is 7.01. The predicted molar refractivity (Wildman–Crippen MR) is 99.0 cm³/mol. The van der Waals surface area contributed by atoms with Crippen LogP contribution in [0.15, 0.2) is 34.9 Å². The topological polar surface area (TPSA) is 25.4 Å². The van der Waals surface area contributed by atoms with Gasteiger partial charge in [-0.05, 0) is 47.6 Å². The normalized spacial score (nSPS) is 14.6. The van der Waals surface area contributed by atoms with Crippen molar-refractivity contribution in [1.29, 1.82) is 0 Å². The molecule has 0 bridgehead atoms. The van der Waals surface area contributed by atoms with Crippen LogP contribution < -0.4 is 9.64 Å². The fraction of sp³-hybridized carbons (Fsp3) is 0.421. The molecule has 3 nitrogen and oxygen atoms in total. The zero-order valence-electron chi connectivity index (χ0n) is 14.2. The molecule has 2 heterocycles. The number of hydrogen-bond donors (Lipinski definition) is 0. The number of ether oxygens (including phenoxy) is 1. The van der Waals surface area contributed by atoms with Gasteiger partial charge in [0.05, 0.1) is 12.8 Å². The van der Waals surface area contributed by atoms with E-state index < -0.39 is 0 Å². The molecule has 23 heavy (non-hydrogen) atoms. The molecule has 0 N–H and O–H groups in total. The van der Waals surface area contributed by atoms with Crippen LogP contribution >= 0.6 is 15.9 Å². The maximum absolute atomic E-state index is 5.45. The molecule has 0 radical (unpaired) electrons. The summed E-state index contributed by atoms with van der Waals surface area (Å²) in [6, 6.07) is 8.48. The summed E-state index contributed by atoms with van der Waals surface area (Å²) in [5.41, 5.74) is 3.95. The van der Waals surface area contributed by atoms with Crippen LogP contribution in [0, 0.1) is 0 Å². The molecule has 0 spiro atoms. The molecule has 0 amide bonds. The van der Waals surface area contributed by atoms with Crippen molar-refractivity contribution < 1.29 is 4.74 Å². The zero-order valence-corrected chi connectivity index (χ0v) is 15.8. The van der Waals surface area contributed by atoms with E-state index in [2.05, 4.69) is 64.8 Å². The number of nitrogens with zero attached hydrogens (tertiary/aromatic N) is 2.